The van der Waals surface area contributed by atoms with E-state index in [1.54, 1.807) is 7.11 Å². The van der Waals surface area contributed by atoms with E-state index >= 15 is 0 Å². The van der Waals surface area contributed by atoms with Gasteiger partial charge in [0.05, 0.1) is 19.3 Å². The Kier molecular flexibility index (Phi) is 4.83. The summed E-state index contributed by atoms with van der Waals surface area (Å²) in [5.41, 5.74) is 2.10. The molecule has 2 aromatic carbocycles. The zero-order chi connectivity index (χ0) is 20.7. The number of hydrogen-bond acceptors (Lipinski definition) is 5. The summed E-state index contributed by atoms with van der Waals surface area (Å²) in [6.07, 6.45) is 2.05. The molecule has 2 aliphatic rings. The van der Waals surface area contributed by atoms with E-state index in [4.69, 9.17) is 9.15 Å². The molecule has 5 rings (SSSR count). The molecule has 1 saturated carbocycles. The second kappa shape index (κ2) is 7.65. The van der Waals surface area contributed by atoms with Gasteiger partial charge in [0, 0.05) is 48.9 Å². The van der Waals surface area contributed by atoms with Crippen LogP contribution in [0, 0.1) is 5.92 Å². The Morgan fingerprint density at radius 2 is 1.83 bits per heavy atom. The van der Waals surface area contributed by atoms with Crippen molar-refractivity contribution in [2.24, 2.45) is 5.92 Å². The van der Waals surface area contributed by atoms with Gasteiger partial charge in [-0.25, -0.2) is 0 Å². The molecule has 0 atom stereocenters. The zero-order valence-corrected chi connectivity index (χ0v) is 17.0. The molecule has 1 aromatic heterocycles. The fourth-order valence-electron chi connectivity index (χ4n) is 4.13. The molecule has 2 heterocycles. The third-order valence-electron chi connectivity index (χ3n) is 5.95. The summed E-state index contributed by atoms with van der Waals surface area (Å²) in [5, 5.41) is 4.93. The number of methoxy groups -OCH3 is 1. The van der Waals surface area contributed by atoms with Crippen molar-refractivity contribution in [2.45, 2.75) is 12.8 Å². The molecule has 7 heteroatoms. The SMILES string of the molecule is COc1cc2c(cc1NC(=O)CN1CCN(C(=O)C3CC3)CC1)oc1ccccc12. The summed E-state index contributed by atoms with van der Waals surface area (Å²) in [6, 6.07) is 11.6. The summed E-state index contributed by atoms with van der Waals surface area (Å²) in [4.78, 5) is 28.9. The van der Waals surface area contributed by atoms with Gasteiger partial charge in [-0.1, -0.05) is 18.2 Å². The number of ether oxygens (including phenoxy) is 1. The summed E-state index contributed by atoms with van der Waals surface area (Å²) in [5.74, 6) is 1.02. The molecule has 0 bridgehead atoms. The van der Waals surface area contributed by atoms with E-state index in [0.717, 1.165) is 29.2 Å². The Hall–Kier alpha value is -3.06. The van der Waals surface area contributed by atoms with Crippen LogP contribution in [0.2, 0.25) is 0 Å². The molecule has 1 N–H and O–H groups in total. The molecular weight excluding hydrogens is 382 g/mol. The van der Waals surface area contributed by atoms with Crippen LogP contribution in [0.5, 0.6) is 5.75 Å². The Morgan fingerprint density at radius 1 is 1.07 bits per heavy atom. The average molecular weight is 407 g/mol. The lowest BCUT2D eigenvalue weighted by Gasteiger charge is -2.34. The maximum atomic E-state index is 12.7. The van der Waals surface area contributed by atoms with Crippen LogP contribution in [-0.4, -0.2) is 61.4 Å². The van der Waals surface area contributed by atoms with Gasteiger partial charge in [0.1, 0.15) is 16.9 Å². The highest BCUT2D eigenvalue weighted by molar-refractivity contribution is 6.07. The van der Waals surface area contributed by atoms with E-state index < -0.39 is 0 Å². The van der Waals surface area contributed by atoms with Crippen LogP contribution in [0.15, 0.2) is 40.8 Å². The number of nitrogens with zero attached hydrogens (tertiary/aromatic N) is 2. The monoisotopic (exact) mass is 407 g/mol. The maximum absolute atomic E-state index is 12.7. The van der Waals surface area contributed by atoms with Gasteiger partial charge < -0.3 is 19.4 Å². The van der Waals surface area contributed by atoms with Crippen molar-refractivity contribution < 1.29 is 18.7 Å². The van der Waals surface area contributed by atoms with Gasteiger partial charge >= 0.3 is 0 Å². The molecule has 30 heavy (non-hydrogen) atoms. The van der Waals surface area contributed by atoms with Crippen LogP contribution in [0.25, 0.3) is 21.9 Å². The quantitative estimate of drug-likeness (QED) is 0.704. The number of furan rings is 1. The highest BCUT2D eigenvalue weighted by Gasteiger charge is 2.34. The number of para-hydroxylation sites is 1. The molecule has 1 aliphatic carbocycles. The van der Waals surface area contributed by atoms with Gasteiger partial charge in [0.2, 0.25) is 11.8 Å². The number of fused-ring (bicyclic) bond motifs is 3. The first-order valence-corrected chi connectivity index (χ1v) is 10.4. The normalized spacial score (nSPS) is 17.4. The number of nitrogens with one attached hydrogen (secondary N) is 1. The van der Waals surface area contributed by atoms with Gasteiger partial charge in [0.15, 0.2) is 0 Å². The van der Waals surface area contributed by atoms with Gasteiger partial charge in [-0.05, 0) is 25.0 Å². The second-order valence-electron chi connectivity index (χ2n) is 8.07. The molecule has 2 amide bonds. The van der Waals surface area contributed by atoms with Crippen LogP contribution in [0.4, 0.5) is 5.69 Å². The first-order valence-electron chi connectivity index (χ1n) is 10.4. The topological polar surface area (TPSA) is 75.0 Å². The smallest absolute Gasteiger partial charge is 0.238 e. The Bertz CT molecular complexity index is 1110. The number of anilines is 1. The van der Waals surface area contributed by atoms with Crippen molar-refractivity contribution in [3.05, 3.63) is 36.4 Å². The number of hydrogen-bond donors (Lipinski definition) is 1. The molecule has 7 nitrogen and oxygen atoms in total. The highest BCUT2D eigenvalue weighted by atomic mass is 16.5. The number of benzene rings is 2. The van der Waals surface area contributed by atoms with E-state index in [2.05, 4.69) is 10.2 Å². The fraction of sp³-hybridized carbons (Fsp3) is 0.391. The predicted octanol–water partition coefficient (Wildman–Crippen LogP) is 3.09. The van der Waals surface area contributed by atoms with Crippen LogP contribution in [0.1, 0.15) is 12.8 Å². The van der Waals surface area contributed by atoms with Crippen LogP contribution in [-0.2, 0) is 9.59 Å². The molecule has 0 spiro atoms. The van der Waals surface area contributed by atoms with E-state index in [1.807, 2.05) is 41.3 Å². The molecule has 0 unspecified atom stereocenters. The van der Waals surface area contributed by atoms with E-state index in [1.165, 1.54) is 0 Å². The zero-order valence-electron chi connectivity index (χ0n) is 17.0. The lowest BCUT2D eigenvalue weighted by Crippen LogP contribution is -2.50. The van der Waals surface area contributed by atoms with Crippen LogP contribution < -0.4 is 10.1 Å². The minimum Gasteiger partial charge on any atom is -0.495 e. The number of rotatable bonds is 5. The Balaban J connectivity index is 1.26. The maximum Gasteiger partial charge on any atom is 0.238 e. The second-order valence-corrected chi connectivity index (χ2v) is 8.07. The van der Waals surface area contributed by atoms with Gasteiger partial charge in [0.25, 0.3) is 0 Å². The fourth-order valence-corrected chi connectivity index (χ4v) is 4.13. The Labute approximate surface area is 174 Å². The summed E-state index contributed by atoms with van der Waals surface area (Å²) >= 11 is 0. The third-order valence-corrected chi connectivity index (χ3v) is 5.95. The predicted molar refractivity (Wildman–Crippen MR) is 115 cm³/mol. The van der Waals surface area contributed by atoms with Crippen molar-refractivity contribution in [1.82, 2.24) is 9.80 Å². The largest absolute Gasteiger partial charge is 0.495 e. The van der Waals surface area contributed by atoms with Crippen molar-refractivity contribution >= 4 is 39.4 Å². The van der Waals surface area contributed by atoms with Gasteiger partial charge in [-0.2, -0.15) is 0 Å². The molecule has 156 valence electrons. The van der Waals surface area contributed by atoms with Gasteiger partial charge in [-0.15, -0.1) is 0 Å². The van der Waals surface area contributed by atoms with E-state index in [9.17, 15) is 9.59 Å². The minimum absolute atomic E-state index is 0.106. The standard InChI is InChI=1S/C23H25N3O4/c1-29-21-12-17-16-4-2-3-5-19(16)30-20(17)13-18(21)24-22(27)14-25-8-10-26(11-9-25)23(28)15-6-7-15/h2-5,12-13,15H,6-11,14H2,1H3,(H,24,27). The van der Waals surface area contributed by atoms with Crippen LogP contribution >= 0.6 is 0 Å². The number of carbonyl (C=O) groups is 2. The highest BCUT2D eigenvalue weighted by Crippen LogP contribution is 2.36. The number of piperazine rings is 1. The average Bonchev–Trinajstić information content (AvgIpc) is 3.54. The van der Waals surface area contributed by atoms with E-state index in [0.29, 0.717) is 43.2 Å². The first-order chi connectivity index (χ1) is 14.6. The lowest BCUT2D eigenvalue weighted by molar-refractivity contribution is -0.134. The van der Waals surface area contributed by atoms with E-state index in [-0.39, 0.29) is 24.3 Å². The van der Waals surface area contributed by atoms with Crippen LogP contribution in [0.3, 0.4) is 0 Å². The number of carbonyl (C=O) groups excluding carboxylic acids is 2. The minimum atomic E-state index is -0.106. The first kappa shape index (κ1) is 18.9. The van der Waals surface area contributed by atoms with Crippen molar-refractivity contribution in [1.29, 1.82) is 0 Å². The van der Waals surface area contributed by atoms with Crippen molar-refractivity contribution in [2.75, 3.05) is 45.2 Å². The molecule has 1 saturated heterocycles. The summed E-state index contributed by atoms with van der Waals surface area (Å²) in [6.45, 7) is 3.10. The third kappa shape index (κ3) is 3.61. The molecule has 3 aromatic rings. The molecule has 2 fully saturated rings. The van der Waals surface area contributed by atoms with Gasteiger partial charge in [-0.3, -0.25) is 14.5 Å². The summed E-state index contributed by atoms with van der Waals surface area (Å²) in [7, 11) is 1.59. The molecular formula is C23H25N3O4. The Morgan fingerprint density at radius 3 is 2.57 bits per heavy atom. The van der Waals surface area contributed by atoms with Crippen molar-refractivity contribution in [3.63, 3.8) is 0 Å². The summed E-state index contributed by atoms with van der Waals surface area (Å²) < 4.78 is 11.4. The lowest BCUT2D eigenvalue weighted by atomic mass is 10.1. The van der Waals surface area contributed by atoms with Crippen molar-refractivity contribution in [3.8, 4) is 5.75 Å². The molecule has 1 aliphatic heterocycles. The number of amides is 2. The molecule has 0 radical (unpaired) electrons.